The van der Waals surface area contributed by atoms with Crippen LogP contribution in [0.2, 0.25) is 0 Å². The Bertz CT molecular complexity index is 1220. The Morgan fingerprint density at radius 1 is 1.14 bits per heavy atom. The molecule has 0 aliphatic carbocycles. The lowest BCUT2D eigenvalue weighted by atomic mass is 10.1. The minimum absolute atomic E-state index is 0.236. The molecule has 2 aromatic carbocycles. The third-order valence-electron chi connectivity index (χ3n) is 4.39. The molecular weight excluding hydrogens is 360 g/mol. The summed E-state index contributed by atoms with van der Waals surface area (Å²) in [7, 11) is 0. The topological polar surface area (TPSA) is 114 Å². The van der Waals surface area contributed by atoms with Crippen molar-refractivity contribution in [2.24, 2.45) is 0 Å². The maximum absolute atomic E-state index is 12.6. The minimum atomic E-state index is -0.609. The van der Waals surface area contributed by atoms with E-state index in [1.807, 2.05) is 32.0 Å². The number of aryl methyl sites for hydroxylation is 2. The summed E-state index contributed by atoms with van der Waals surface area (Å²) in [6.45, 7) is 3.90. The number of hydrogen-bond acceptors (Lipinski definition) is 5. The molecule has 28 heavy (non-hydrogen) atoms. The maximum atomic E-state index is 12.6. The molecule has 0 spiro atoms. The fourth-order valence-electron chi connectivity index (χ4n) is 2.89. The van der Waals surface area contributed by atoms with Crippen molar-refractivity contribution in [3.05, 3.63) is 75.3 Å². The summed E-state index contributed by atoms with van der Waals surface area (Å²) in [5.41, 5.74) is 4.51. The van der Waals surface area contributed by atoms with Crippen LogP contribution in [0.15, 0.2) is 52.9 Å². The zero-order valence-electron chi connectivity index (χ0n) is 15.1. The Morgan fingerprint density at radius 3 is 2.71 bits per heavy atom. The number of aromatic nitrogens is 2. The van der Waals surface area contributed by atoms with Gasteiger partial charge in [0.25, 0.3) is 5.91 Å². The van der Waals surface area contributed by atoms with Crippen molar-refractivity contribution in [3.8, 4) is 11.6 Å². The molecule has 2 aromatic heterocycles. The van der Waals surface area contributed by atoms with Gasteiger partial charge in [0, 0.05) is 11.3 Å². The number of furan rings is 1. The van der Waals surface area contributed by atoms with E-state index in [1.54, 1.807) is 18.2 Å². The molecule has 4 rings (SSSR count). The predicted octanol–water partition coefficient (Wildman–Crippen LogP) is 4.60. The van der Waals surface area contributed by atoms with Crippen molar-refractivity contribution < 1.29 is 14.1 Å². The third-order valence-corrected chi connectivity index (χ3v) is 4.39. The van der Waals surface area contributed by atoms with E-state index in [4.69, 9.17) is 4.42 Å². The Hall–Kier alpha value is -3.94. The van der Waals surface area contributed by atoms with E-state index in [9.17, 15) is 14.9 Å². The largest absolute Gasteiger partial charge is 0.433 e. The number of anilines is 1. The van der Waals surface area contributed by atoms with Crippen LogP contribution in [0.5, 0.6) is 0 Å². The number of carbonyl (C=O) groups is 1. The quantitative estimate of drug-likeness (QED) is 0.399. The van der Waals surface area contributed by atoms with Gasteiger partial charge < -0.3 is 14.7 Å². The zero-order valence-corrected chi connectivity index (χ0v) is 15.1. The van der Waals surface area contributed by atoms with Gasteiger partial charge in [-0.1, -0.05) is 12.1 Å². The monoisotopic (exact) mass is 376 g/mol. The maximum Gasteiger partial charge on any atom is 0.433 e. The summed E-state index contributed by atoms with van der Waals surface area (Å²) in [5.74, 6) is 0.0175. The standard InChI is InChI=1S/C20H16N4O4/c1-11-3-4-12(2)15(9-11)23-20(25)13-5-6-14-16(10-13)22-19(21-14)17-7-8-18(28-17)24(26)27/h3-10H,1-2H3,(H,21,22)(H,23,25). The average molecular weight is 376 g/mol. The van der Waals surface area contributed by atoms with E-state index in [0.29, 0.717) is 22.4 Å². The van der Waals surface area contributed by atoms with Crippen molar-refractivity contribution >= 4 is 28.5 Å². The molecule has 0 bridgehead atoms. The molecular formula is C20H16N4O4. The summed E-state index contributed by atoms with van der Waals surface area (Å²) < 4.78 is 5.17. The first kappa shape index (κ1) is 17.5. The number of rotatable bonds is 4. The summed E-state index contributed by atoms with van der Waals surface area (Å²) >= 11 is 0. The average Bonchev–Trinajstić information content (AvgIpc) is 3.30. The Balaban J connectivity index is 1.63. The van der Waals surface area contributed by atoms with Gasteiger partial charge in [-0.2, -0.15) is 0 Å². The summed E-state index contributed by atoms with van der Waals surface area (Å²) in [6, 6.07) is 13.7. The Morgan fingerprint density at radius 2 is 1.96 bits per heavy atom. The molecule has 0 aliphatic rings. The molecule has 4 aromatic rings. The molecule has 0 aliphatic heterocycles. The second-order valence-corrected chi connectivity index (χ2v) is 6.48. The first-order chi connectivity index (χ1) is 13.4. The number of aromatic amines is 1. The molecule has 140 valence electrons. The van der Waals surface area contributed by atoms with Gasteiger partial charge in [0.1, 0.15) is 4.92 Å². The summed E-state index contributed by atoms with van der Waals surface area (Å²) in [6.07, 6.45) is 0. The molecule has 0 atom stereocenters. The van der Waals surface area contributed by atoms with Crippen LogP contribution in [0.25, 0.3) is 22.6 Å². The van der Waals surface area contributed by atoms with Crippen LogP contribution in [0.3, 0.4) is 0 Å². The molecule has 0 unspecified atom stereocenters. The number of nitro groups is 1. The number of hydrogen-bond donors (Lipinski definition) is 2. The number of fused-ring (bicyclic) bond motifs is 1. The molecule has 0 fully saturated rings. The SMILES string of the molecule is Cc1ccc(C)c(NC(=O)c2ccc3nc(-c4ccc([N+](=O)[O-])o4)[nH]c3c2)c1. The highest BCUT2D eigenvalue weighted by molar-refractivity contribution is 6.06. The summed E-state index contributed by atoms with van der Waals surface area (Å²) in [5, 5.41) is 13.7. The van der Waals surface area contributed by atoms with Crippen LogP contribution >= 0.6 is 0 Å². The molecule has 8 nitrogen and oxygen atoms in total. The predicted molar refractivity (Wildman–Crippen MR) is 104 cm³/mol. The van der Waals surface area contributed by atoms with Gasteiger partial charge in [-0.25, -0.2) is 4.98 Å². The fraction of sp³-hybridized carbons (Fsp3) is 0.100. The van der Waals surface area contributed by atoms with Gasteiger partial charge in [-0.05, 0) is 55.3 Å². The number of carbonyl (C=O) groups excluding carboxylic acids is 1. The molecule has 8 heteroatoms. The van der Waals surface area contributed by atoms with E-state index < -0.39 is 4.92 Å². The van der Waals surface area contributed by atoms with Gasteiger partial charge in [0.15, 0.2) is 11.6 Å². The second-order valence-electron chi connectivity index (χ2n) is 6.48. The Kier molecular flexibility index (Phi) is 4.15. The van der Waals surface area contributed by atoms with Crippen LogP contribution in [0.4, 0.5) is 11.6 Å². The molecule has 0 saturated carbocycles. The van der Waals surface area contributed by atoms with Crippen LogP contribution in [-0.4, -0.2) is 20.8 Å². The van der Waals surface area contributed by atoms with Gasteiger partial charge in [0.05, 0.1) is 17.1 Å². The molecule has 1 amide bonds. The van der Waals surface area contributed by atoms with Crippen molar-refractivity contribution in [2.75, 3.05) is 5.32 Å². The van der Waals surface area contributed by atoms with Gasteiger partial charge in [-0.3, -0.25) is 14.9 Å². The Labute approximate surface area is 159 Å². The van der Waals surface area contributed by atoms with Crippen LogP contribution in [0, 0.1) is 24.0 Å². The lowest BCUT2D eigenvalue weighted by Crippen LogP contribution is -2.12. The van der Waals surface area contributed by atoms with E-state index in [2.05, 4.69) is 15.3 Å². The zero-order chi connectivity index (χ0) is 19.8. The summed E-state index contributed by atoms with van der Waals surface area (Å²) in [4.78, 5) is 30.2. The number of imidazole rings is 1. The lowest BCUT2D eigenvalue weighted by molar-refractivity contribution is -0.401. The third kappa shape index (κ3) is 3.23. The number of benzene rings is 2. The smallest absolute Gasteiger partial charge is 0.397 e. The molecule has 2 heterocycles. The van der Waals surface area contributed by atoms with Crippen LogP contribution < -0.4 is 5.32 Å². The first-order valence-corrected chi connectivity index (χ1v) is 8.54. The molecule has 0 saturated heterocycles. The van der Waals surface area contributed by atoms with Crippen LogP contribution in [-0.2, 0) is 0 Å². The first-order valence-electron chi connectivity index (χ1n) is 8.54. The number of nitrogens with zero attached hydrogens (tertiary/aromatic N) is 2. The van der Waals surface area contributed by atoms with Gasteiger partial charge >= 0.3 is 5.88 Å². The minimum Gasteiger partial charge on any atom is -0.397 e. The van der Waals surface area contributed by atoms with E-state index in [1.165, 1.54) is 12.1 Å². The van der Waals surface area contributed by atoms with E-state index >= 15 is 0 Å². The van der Waals surface area contributed by atoms with Gasteiger partial charge in [0.2, 0.25) is 0 Å². The van der Waals surface area contributed by atoms with Crippen molar-refractivity contribution in [3.63, 3.8) is 0 Å². The van der Waals surface area contributed by atoms with Crippen molar-refractivity contribution in [1.29, 1.82) is 0 Å². The highest BCUT2D eigenvalue weighted by Gasteiger charge is 2.16. The number of nitrogens with one attached hydrogen (secondary N) is 2. The van der Waals surface area contributed by atoms with Crippen molar-refractivity contribution in [2.45, 2.75) is 13.8 Å². The molecule has 0 radical (unpaired) electrons. The van der Waals surface area contributed by atoms with Crippen LogP contribution in [0.1, 0.15) is 21.5 Å². The lowest BCUT2D eigenvalue weighted by Gasteiger charge is -2.09. The number of H-pyrrole nitrogens is 1. The van der Waals surface area contributed by atoms with E-state index in [-0.39, 0.29) is 17.6 Å². The highest BCUT2D eigenvalue weighted by Crippen LogP contribution is 2.26. The van der Waals surface area contributed by atoms with E-state index in [0.717, 1.165) is 16.8 Å². The second kappa shape index (κ2) is 6.66. The normalized spacial score (nSPS) is 10.9. The molecule has 2 N–H and O–H groups in total. The highest BCUT2D eigenvalue weighted by atomic mass is 16.6. The fourth-order valence-corrected chi connectivity index (χ4v) is 2.89. The number of amides is 1. The van der Waals surface area contributed by atoms with Gasteiger partial charge in [-0.15, -0.1) is 0 Å². The van der Waals surface area contributed by atoms with Crippen molar-refractivity contribution in [1.82, 2.24) is 9.97 Å².